The van der Waals surface area contributed by atoms with Gasteiger partial charge in [-0.05, 0) is 18.4 Å². The number of aromatic nitrogens is 2. The van der Waals surface area contributed by atoms with Crippen LogP contribution >= 0.6 is 0 Å². The number of imidazole rings is 1. The topological polar surface area (TPSA) is 76.4 Å². The van der Waals surface area contributed by atoms with Crippen LogP contribution in [0.1, 0.15) is 30.3 Å². The molecule has 1 aromatic carbocycles. The van der Waals surface area contributed by atoms with E-state index >= 15 is 0 Å². The number of ether oxygens (including phenoxy) is 1. The minimum Gasteiger partial charge on any atom is -0.380 e. The highest BCUT2D eigenvalue weighted by Gasteiger charge is 2.19. The SMILES string of the molecule is O=C(Cn1ccnc1C(O)c1ccccc1)NCC1CCCO1. The molecule has 3 rings (SSSR count). The van der Waals surface area contributed by atoms with Gasteiger partial charge >= 0.3 is 0 Å². The smallest absolute Gasteiger partial charge is 0.240 e. The van der Waals surface area contributed by atoms with Crippen LogP contribution in [0.3, 0.4) is 0 Å². The molecule has 2 aromatic rings. The molecular formula is C17H21N3O3. The highest BCUT2D eigenvalue weighted by Crippen LogP contribution is 2.20. The first-order valence-corrected chi connectivity index (χ1v) is 7.86. The number of nitrogens with one attached hydrogen (secondary N) is 1. The summed E-state index contributed by atoms with van der Waals surface area (Å²) in [5.74, 6) is 0.350. The summed E-state index contributed by atoms with van der Waals surface area (Å²) in [4.78, 5) is 16.3. The lowest BCUT2D eigenvalue weighted by Crippen LogP contribution is -2.34. The third-order valence-corrected chi connectivity index (χ3v) is 3.97. The van der Waals surface area contributed by atoms with Crippen molar-refractivity contribution in [1.82, 2.24) is 14.9 Å². The fourth-order valence-corrected chi connectivity index (χ4v) is 2.73. The van der Waals surface area contributed by atoms with E-state index in [-0.39, 0.29) is 18.6 Å². The second kappa shape index (κ2) is 7.39. The normalized spacial score (nSPS) is 18.7. The van der Waals surface area contributed by atoms with Gasteiger partial charge < -0.3 is 19.7 Å². The van der Waals surface area contributed by atoms with Gasteiger partial charge in [-0.3, -0.25) is 4.79 Å². The van der Waals surface area contributed by atoms with E-state index in [1.54, 1.807) is 17.0 Å². The van der Waals surface area contributed by atoms with Crippen LogP contribution in [0.25, 0.3) is 0 Å². The Kier molecular flexibility index (Phi) is 5.05. The molecule has 1 saturated heterocycles. The molecule has 1 aliphatic heterocycles. The predicted octanol–water partition coefficient (Wildman–Crippen LogP) is 1.26. The van der Waals surface area contributed by atoms with E-state index in [9.17, 15) is 9.90 Å². The summed E-state index contributed by atoms with van der Waals surface area (Å²) >= 11 is 0. The Morgan fingerprint density at radius 2 is 2.26 bits per heavy atom. The monoisotopic (exact) mass is 315 g/mol. The van der Waals surface area contributed by atoms with Gasteiger partial charge in [-0.25, -0.2) is 4.98 Å². The molecule has 0 saturated carbocycles. The standard InChI is InChI=1S/C17H21N3O3/c21-15(19-11-14-7-4-10-23-14)12-20-9-8-18-17(20)16(22)13-5-2-1-3-6-13/h1-3,5-6,8-9,14,16,22H,4,7,10-12H2,(H,19,21). The Balaban J connectivity index is 1.60. The molecule has 1 fully saturated rings. The highest BCUT2D eigenvalue weighted by atomic mass is 16.5. The fraction of sp³-hybridized carbons (Fsp3) is 0.412. The lowest BCUT2D eigenvalue weighted by atomic mass is 10.1. The molecule has 2 unspecified atom stereocenters. The molecule has 2 atom stereocenters. The van der Waals surface area contributed by atoms with Gasteiger partial charge in [0.2, 0.25) is 5.91 Å². The van der Waals surface area contributed by atoms with Crippen molar-refractivity contribution in [3.8, 4) is 0 Å². The maximum atomic E-state index is 12.1. The van der Waals surface area contributed by atoms with Crippen molar-refractivity contribution in [3.05, 3.63) is 54.1 Å². The Morgan fingerprint density at radius 1 is 1.43 bits per heavy atom. The van der Waals surface area contributed by atoms with Crippen LogP contribution < -0.4 is 5.32 Å². The lowest BCUT2D eigenvalue weighted by Gasteiger charge is -2.15. The Morgan fingerprint density at radius 3 is 3.00 bits per heavy atom. The van der Waals surface area contributed by atoms with Gasteiger partial charge in [0.25, 0.3) is 0 Å². The number of amides is 1. The molecule has 23 heavy (non-hydrogen) atoms. The zero-order chi connectivity index (χ0) is 16.1. The number of nitrogens with zero attached hydrogens (tertiary/aromatic N) is 2. The molecule has 0 aliphatic carbocycles. The number of rotatable bonds is 6. The first-order valence-electron chi connectivity index (χ1n) is 7.86. The van der Waals surface area contributed by atoms with E-state index in [1.807, 2.05) is 30.3 Å². The summed E-state index contributed by atoms with van der Waals surface area (Å²) < 4.78 is 7.15. The van der Waals surface area contributed by atoms with Crippen LogP contribution in [0, 0.1) is 0 Å². The van der Waals surface area contributed by atoms with Crippen LogP contribution in [-0.2, 0) is 16.1 Å². The van der Waals surface area contributed by atoms with Gasteiger partial charge in [-0.15, -0.1) is 0 Å². The van der Waals surface area contributed by atoms with E-state index in [1.165, 1.54) is 0 Å². The van der Waals surface area contributed by atoms with E-state index < -0.39 is 6.10 Å². The summed E-state index contributed by atoms with van der Waals surface area (Å²) in [5, 5.41) is 13.3. The number of hydrogen-bond acceptors (Lipinski definition) is 4. The van der Waals surface area contributed by atoms with Crippen molar-refractivity contribution in [3.63, 3.8) is 0 Å². The summed E-state index contributed by atoms with van der Waals surface area (Å²) in [6.07, 6.45) is 4.61. The van der Waals surface area contributed by atoms with Gasteiger partial charge in [-0.1, -0.05) is 30.3 Å². The second-order valence-corrected chi connectivity index (χ2v) is 5.67. The second-order valence-electron chi connectivity index (χ2n) is 5.67. The number of aliphatic hydroxyl groups excluding tert-OH is 1. The zero-order valence-electron chi connectivity index (χ0n) is 12.9. The molecule has 2 heterocycles. The first-order chi connectivity index (χ1) is 11.2. The van der Waals surface area contributed by atoms with Crippen LogP contribution in [0.15, 0.2) is 42.7 Å². The number of hydrogen-bond donors (Lipinski definition) is 2. The number of aliphatic hydroxyl groups is 1. The quantitative estimate of drug-likeness (QED) is 0.841. The van der Waals surface area contributed by atoms with Crippen molar-refractivity contribution < 1.29 is 14.6 Å². The average molecular weight is 315 g/mol. The van der Waals surface area contributed by atoms with Crippen LogP contribution in [0.5, 0.6) is 0 Å². The van der Waals surface area contributed by atoms with Crippen LogP contribution in [-0.4, -0.2) is 39.8 Å². The van der Waals surface area contributed by atoms with E-state index in [0.29, 0.717) is 12.4 Å². The maximum Gasteiger partial charge on any atom is 0.240 e. The number of carbonyl (C=O) groups excluding carboxylic acids is 1. The zero-order valence-corrected chi connectivity index (χ0v) is 12.9. The molecule has 1 amide bonds. The molecule has 0 radical (unpaired) electrons. The molecule has 122 valence electrons. The Labute approximate surface area is 135 Å². The number of carbonyl (C=O) groups is 1. The van der Waals surface area contributed by atoms with Crippen molar-refractivity contribution in [1.29, 1.82) is 0 Å². The average Bonchev–Trinajstić information content (AvgIpc) is 3.25. The minimum absolute atomic E-state index is 0.111. The van der Waals surface area contributed by atoms with Gasteiger partial charge in [0, 0.05) is 25.5 Å². The fourth-order valence-electron chi connectivity index (χ4n) is 2.73. The van der Waals surface area contributed by atoms with Gasteiger partial charge in [0.05, 0.1) is 6.10 Å². The maximum absolute atomic E-state index is 12.1. The highest BCUT2D eigenvalue weighted by molar-refractivity contribution is 5.75. The predicted molar refractivity (Wildman–Crippen MR) is 84.7 cm³/mol. The molecule has 1 aromatic heterocycles. The minimum atomic E-state index is -0.850. The Hall–Kier alpha value is -2.18. The molecule has 6 nitrogen and oxygen atoms in total. The summed E-state index contributed by atoms with van der Waals surface area (Å²) in [7, 11) is 0. The largest absolute Gasteiger partial charge is 0.380 e. The van der Waals surface area contributed by atoms with Gasteiger partial charge in [0.1, 0.15) is 18.5 Å². The van der Waals surface area contributed by atoms with E-state index in [0.717, 1.165) is 25.0 Å². The molecule has 6 heteroatoms. The van der Waals surface area contributed by atoms with Crippen LogP contribution in [0.4, 0.5) is 0 Å². The number of benzene rings is 1. The Bertz CT molecular complexity index is 636. The third-order valence-electron chi connectivity index (χ3n) is 3.97. The van der Waals surface area contributed by atoms with E-state index in [4.69, 9.17) is 4.74 Å². The molecule has 0 spiro atoms. The van der Waals surface area contributed by atoms with E-state index in [2.05, 4.69) is 10.3 Å². The van der Waals surface area contributed by atoms with Crippen molar-refractivity contribution >= 4 is 5.91 Å². The molecular weight excluding hydrogens is 294 g/mol. The molecule has 2 N–H and O–H groups in total. The van der Waals surface area contributed by atoms with Gasteiger partial charge in [0.15, 0.2) is 0 Å². The third kappa shape index (κ3) is 3.97. The summed E-state index contributed by atoms with van der Waals surface area (Å²) in [6.45, 7) is 1.44. The lowest BCUT2D eigenvalue weighted by molar-refractivity contribution is -0.122. The molecule has 0 bridgehead atoms. The summed E-state index contributed by atoms with van der Waals surface area (Å²) in [6, 6.07) is 9.28. The molecule has 1 aliphatic rings. The van der Waals surface area contributed by atoms with Crippen LogP contribution in [0.2, 0.25) is 0 Å². The van der Waals surface area contributed by atoms with Crippen molar-refractivity contribution in [2.24, 2.45) is 0 Å². The van der Waals surface area contributed by atoms with Crippen molar-refractivity contribution in [2.45, 2.75) is 31.6 Å². The summed E-state index contributed by atoms with van der Waals surface area (Å²) in [5.41, 5.74) is 0.750. The first kappa shape index (κ1) is 15.7. The van der Waals surface area contributed by atoms with Gasteiger partial charge in [-0.2, -0.15) is 0 Å². The van der Waals surface area contributed by atoms with Crippen molar-refractivity contribution in [2.75, 3.05) is 13.2 Å².